The molecule has 30 heavy (non-hydrogen) atoms. The molecule has 0 saturated carbocycles. The molecule has 0 fully saturated rings. The maximum atomic E-state index is 13.4. The van der Waals surface area contributed by atoms with Crippen LogP contribution in [-0.2, 0) is 14.3 Å². The summed E-state index contributed by atoms with van der Waals surface area (Å²) in [6.07, 6.45) is 1.75. The molecule has 0 bridgehead atoms. The van der Waals surface area contributed by atoms with Crippen LogP contribution in [0.3, 0.4) is 0 Å². The molecule has 1 unspecified atom stereocenters. The van der Waals surface area contributed by atoms with Gasteiger partial charge in [-0.25, -0.2) is 18.6 Å². The Hall–Kier alpha value is -2.91. The molecule has 1 N–H and O–H groups in total. The van der Waals surface area contributed by atoms with Gasteiger partial charge in [0.2, 0.25) is 0 Å². The Kier molecular flexibility index (Phi) is 7.07. The molecule has 1 aromatic heterocycles. The second kappa shape index (κ2) is 9.73. The first kappa shape index (κ1) is 21.8. The fourth-order valence-corrected chi connectivity index (χ4v) is 3.51. The van der Waals surface area contributed by atoms with Crippen molar-refractivity contribution < 1.29 is 23.1 Å². The lowest BCUT2D eigenvalue weighted by molar-refractivity contribution is -0.148. The summed E-state index contributed by atoms with van der Waals surface area (Å²) in [4.78, 5) is 28.4. The van der Waals surface area contributed by atoms with Crippen LogP contribution < -0.4 is 5.32 Å². The molecule has 2 aromatic carbocycles. The molecule has 3 rings (SSSR count). The third-order valence-electron chi connectivity index (χ3n) is 3.87. The molecule has 3 aromatic rings. The van der Waals surface area contributed by atoms with E-state index in [0.717, 1.165) is 33.5 Å². The van der Waals surface area contributed by atoms with Crippen molar-refractivity contribution in [2.75, 3.05) is 5.32 Å². The molecule has 0 spiro atoms. The van der Waals surface area contributed by atoms with E-state index in [0.29, 0.717) is 11.3 Å². The van der Waals surface area contributed by atoms with E-state index < -0.39 is 29.6 Å². The van der Waals surface area contributed by atoms with Crippen LogP contribution in [0.1, 0.15) is 12.5 Å². The van der Waals surface area contributed by atoms with E-state index in [9.17, 15) is 18.4 Å². The second-order valence-corrected chi connectivity index (χ2v) is 7.90. The van der Waals surface area contributed by atoms with E-state index in [4.69, 9.17) is 4.74 Å². The Bertz CT molecular complexity index is 1120. The quantitative estimate of drug-likeness (QED) is 0.367. The molecule has 0 aliphatic carbocycles. The summed E-state index contributed by atoms with van der Waals surface area (Å²) in [6, 6.07) is 10.8. The number of anilines is 1. The largest absolute Gasteiger partial charge is 0.449 e. The zero-order valence-electron chi connectivity index (χ0n) is 15.6. The van der Waals surface area contributed by atoms with Crippen LogP contribution in [0.5, 0.6) is 0 Å². The normalized spacial score (nSPS) is 12.0. The van der Waals surface area contributed by atoms with Gasteiger partial charge in [0.25, 0.3) is 5.91 Å². The van der Waals surface area contributed by atoms with E-state index >= 15 is 0 Å². The van der Waals surface area contributed by atoms with Crippen LogP contribution in [0.2, 0.25) is 0 Å². The van der Waals surface area contributed by atoms with Crippen molar-refractivity contribution in [3.8, 4) is 11.3 Å². The number of hydrogen-bond donors (Lipinski definition) is 1. The maximum Gasteiger partial charge on any atom is 0.331 e. The van der Waals surface area contributed by atoms with Crippen molar-refractivity contribution in [3.05, 3.63) is 75.6 Å². The van der Waals surface area contributed by atoms with Crippen LogP contribution in [0.4, 0.5) is 13.9 Å². The standard InChI is InChI=1S/C21H15BrF2N2O3S/c1-12(29-19(27)8-5-13-3-2-4-15(22)9-13)20(28)26-21-25-18(11-30-21)14-6-7-16(23)17(24)10-14/h2-12H,1H3,(H,25,26,28). The first-order valence-corrected chi connectivity index (χ1v) is 10.3. The van der Waals surface area contributed by atoms with Gasteiger partial charge in [0, 0.05) is 21.5 Å². The minimum Gasteiger partial charge on any atom is -0.449 e. The van der Waals surface area contributed by atoms with Gasteiger partial charge < -0.3 is 4.74 Å². The Balaban J connectivity index is 1.57. The highest BCUT2D eigenvalue weighted by atomic mass is 79.9. The summed E-state index contributed by atoms with van der Waals surface area (Å²) in [6.45, 7) is 1.43. The van der Waals surface area contributed by atoms with Crippen molar-refractivity contribution in [3.63, 3.8) is 0 Å². The van der Waals surface area contributed by atoms with Gasteiger partial charge in [-0.1, -0.05) is 28.1 Å². The van der Waals surface area contributed by atoms with Gasteiger partial charge in [0.05, 0.1) is 5.69 Å². The summed E-state index contributed by atoms with van der Waals surface area (Å²) >= 11 is 4.45. The molecule has 9 heteroatoms. The van der Waals surface area contributed by atoms with Gasteiger partial charge >= 0.3 is 5.97 Å². The van der Waals surface area contributed by atoms with E-state index in [2.05, 4.69) is 26.2 Å². The minimum absolute atomic E-state index is 0.243. The lowest BCUT2D eigenvalue weighted by Gasteiger charge is -2.10. The topological polar surface area (TPSA) is 68.3 Å². The minimum atomic E-state index is -1.06. The molecular formula is C21H15BrF2N2O3S. The van der Waals surface area contributed by atoms with E-state index in [1.165, 1.54) is 19.1 Å². The Morgan fingerprint density at radius 2 is 2.00 bits per heavy atom. The van der Waals surface area contributed by atoms with Gasteiger partial charge in [-0.05, 0) is 48.9 Å². The highest BCUT2D eigenvalue weighted by molar-refractivity contribution is 9.10. The predicted molar refractivity (Wildman–Crippen MR) is 115 cm³/mol. The molecule has 1 atom stereocenters. The molecule has 0 saturated heterocycles. The molecule has 5 nitrogen and oxygen atoms in total. The van der Waals surface area contributed by atoms with Crippen LogP contribution in [0.15, 0.2) is 58.4 Å². The summed E-state index contributed by atoms with van der Waals surface area (Å²) in [5.41, 5.74) is 1.56. The number of amides is 1. The average molecular weight is 493 g/mol. The number of halogens is 3. The van der Waals surface area contributed by atoms with E-state index in [-0.39, 0.29) is 5.13 Å². The van der Waals surface area contributed by atoms with Crippen molar-refractivity contribution in [2.24, 2.45) is 0 Å². The van der Waals surface area contributed by atoms with Crippen LogP contribution in [-0.4, -0.2) is 23.0 Å². The number of benzene rings is 2. The molecule has 154 valence electrons. The van der Waals surface area contributed by atoms with Crippen LogP contribution in [0.25, 0.3) is 17.3 Å². The number of nitrogens with one attached hydrogen (secondary N) is 1. The molecule has 1 heterocycles. The lowest BCUT2D eigenvalue weighted by atomic mass is 10.2. The molecule has 0 aliphatic heterocycles. The highest BCUT2D eigenvalue weighted by Gasteiger charge is 2.18. The zero-order valence-corrected chi connectivity index (χ0v) is 18.0. The van der Waals surface area contributed by atoms with Gasteiger partial charge in [-0.15, -0.1) is 11.3 Å². The average Bonchev–Trinajstić information content (AvgIpc) is 3.17. The Labute approximate surface area is 183 Å². The van der Waals surface area contributed by atoms with Crippen molar-refractivity contribution in [1.29, 1.82) is 0 Å². The summed E-state index contributed by atoms with van der Waals surface area (Å²) in [5.74, 6) is -3.17. The third-order valence-corrected chi connectivity index (χ3v) is 5.12. The van der Waals surface area contributed by atoms with Crippen LogP contribution in [0, 0.1) is 11.6 Å². The first-order valence-electron chi connectivity index (χ1n) is 8.68. The fourth-order valence-electron chi connectivity index (χ4n) is 2.37. The molecular weight excluding hydrogens is 478 g/mol. The summed E-state index contributed by atoms with van der Waals surface area (Å²) < 4.78 is 32.4. The number of rotatable bonds is 6. The Morgan fingerprint density at radius 3 is 2.73 bits per heavy atom. The van der Waals surface area contributed by atoms with Gasteiger partial charge in [-0.2, -0.15) is 0 Å². The van der Waals surface area contributed by atoms with E-state index in [1.807, 2.05) is 24.3 Å². The number of hydrogen-bond acceptors (Lipinski definition) is 5. The lowest BCUT2D eigenvalue weighted by Crippen LogP contribution is -2.29. The number of ether oxygens (including phenoxy) is 1. The molecule has 1 amide bonds. The maximum absolute atomic E-state index is 13.4. The number of esters is 1. The van der Waals surface area contributed by atoms with Crippen LogP contribution >= 0.6 is 27.3 Å². The first-order chi connectivity index (χ1) is 14.3. The van der Waals surface area contributed by atoms with Crippen molar-refractivity contribution in [2.45, 2.75) is 13.0 Å². The third kappa shape index (κ3) is 5.80. The number of nitrogens with zero attached hydrogens (tertiary/aromatic N) is 1. The van der Waals surface area contributed by atoms with Gasteiger partial charge in [-0.3, -0.25) is 10.1 Å². The van der Waals surface area contributed by atoms with Crippen molar-refractivity contribution in [1.82, 2.24) is 4.98 Å². The predicted octanol–water partition coefficient (Wildman–Crippen LogP) is 5.43. The molecule has 0 aliphatic rings. The van der Waals surface area contributed by atoms with Gasteiger partial charge in [0.1, 0.15) is 0 Å². The summed E-state index contributed by atoms with van der Waals surface area (Å²) in [7, 11) is 0. The van der Waals surface area contributed by atoms with Crippen molar-refractivity contribution >= 4 is 50.4 Å². The number of aromatic nitrogens is 1. The SMILES string of the molecule is CC(OC(=O)C=Cc1cccc(Br)c1)C(=O)Nc1nc(-c2ccc(F)c(F)c2)cs1. The Morgan fingerprint density at radius 1 is 1.20 bits per heavy atom. The molecule has 0 radical (unpaired) electrons. The number of thiazole rings is 1. The summed E-state index contributed by atoms with van der Waals surface area (Å²) in [5, 5.41) is 4.38. The number of carbonyl (C=O) groups is 2. The highest BCUT2D eigenvalue weighted by Crippen LogP contribution is 2.26. The number of carbonyl (C=O) groups excluding carboxylic acids is 2. The van der Waals surface area contributed by atoms with Gasteiger partial charge in [0.15, 0.2) is 22.9 Å². The smallest absolute Gasteiger partial charge is 0.331 e. The van der Waals surface area contributed by atoms with E-state index in [1.54, 1.807) is 11.5 Å². The second-order valence-electron chi connectivity index (χ2n) is 6.12. The zero-order chi connectivity index (χ0) is 21.7. The fraction of sp³-hybridized carbons (Fsp3) is 0.0952. The monoisotopic (exact) mass is 492 g/mol.